The summed E-state index contributed by atoms with van der Waals surface area (Å²) in [7, 11) is 0. The first-order chi connectivity index (χ1) is 5.42. The van der Waals surface area contributed by atoms with Gasteiger partial charge in [0.05, 0.1) is 16.7 Å². The van der Waals surface area contributed by atoms with Crippen LogP contribution in [0.5, 0.6) is 0 Å². The van der Waals surface area contributed by atoms with Crippen molar-refractivity contribution in [2.24, 2.45) is 0 Å². The molecule has 0 aliphatic rings. The summed E-state index contributed by atoms with van der Waals surface area (Å²) in [5.74, 6) is 0. The fourth-order valence-electron chi connectivity index (χ4n) is 1.05. The summed E-state index contributed by atoms with van der Waals surface area (Å²) in [6.07, 6.45) is 5.08. The van der Waals surface area contributed by atoms with Gasteiger partial charge in [-0.3, -0.25) is 0 Å². The van der Waals surface area contributed by atoms with Gasteiger partial charge in [-0.25, -0.2) is 9.97 Å². The molecule has 0 unspecified atom stereocenters. The van der Waals surface area contributed by atoms with E-state index >= 15 is 0 Å². The van der Waals surface area contributed by atoms with Gasteiger partial charge in [-0.2, -0.15) is 0 Å². The van der Waals surface area contributed by atoms with Gasteiger partial charge in [-0.1, -0.05) is 6.58 Å². The predicted octanol–water partition coefficient (Wildman–Crippen LogP) is 1.60. The Balaban J connectivity index is 2.88. The van der Waals surface area contributed by atoms with Crippen molar-refractivity contribution in [2.75, 3.05) is 0 Å². The maximum atomic E-state index is 4.06. The normalized spacial score (nSPS) is 10.2. The Hall–Kier alpha value is -1.64. The monoisotopic (exact) mass is 145 g/mol. The molecule has 2 heterocycles. The molecule has 0 atom stereocenters. The first-order valence-corrected chi connectivity index (χ1v) is 3.32. The Labute approximate surface area is 63.8 Å². The smallest absolute Gasteiger partial charge is 0.116 e. The van der Waals surface area contributed by atoms with Gasteiger partial charge < -0.3 is 4.98 Å². The summed E-state index contributed by atoms with van der Waals surface area (Å²) in [6.45, 7) is 3.65. The van der Waals surface area contributed by atoms with Gasteiger partial charge in [0.1, 0.15) is 6.33 Å². The minimum absolute atomic E-state index is 0.847. The fraction of sp³-hybridized carbons (Fsp3) is 0. The summed E-state index contributed by atoms with van der Waals surface area (Å²) in [5, 5.41) is 0. The molecule has 0 fully saturated rings. The Bertz CT molecular complexity index is 389. The minimum atomic E-state index is 0.847. The van der Waals surface area contributed by atoms with Crippen LogP contribution in [-0.2, 0) is 0 Å². The number of H-pyrrole nitrogens is 1. The van der Waals surface area contributed by atoms with Gasteiger partial charge in [0, 0.05) is 6.20 Å². The Morgan fingerprint density at radius 3 is 3.18 bits per heavy atom. The molecule has 2 aromatic rings. The van der Waals surface area contributed by atoms with Crippen LogP contribution in [0.25, 0.3) is 17.1 Å². The lowest BCUT2D eigenvalue weighted by Gasteiger charge is -1.92. The number of aromatic nitrogens is 3. The third kappa shape index (κ3) is 0.816. The van der Waals surface area contributed by atoms with Crippen LogP contribution in [0.3, 0.4) is 0 Å². The lowest BCUT2D eigenvalue weighted by Crippen LogP contribution is -1.84. The third-order valence-corrected chi connectivity index (χ3v) is 1.57. The largest absolute Gasteiger partial charge is 0.358 e. The van der Waals surface area contributed by atoms with E-state index in [1.165, 1.54) is 6.33 Å². The minimum Gasteiger partial charge on any atom is -0.358 e. The van der Waals surface area contributed by atoms with Gasteiger partial charge in [0.25, 0.3) is 0 Å². The Kier molecular flexibility index (Phi) is 1.22. The molecule has 2 aromatic heterocycles. The molecule has 3 heteroatoms. The summed E-state index contributed by atoms with van der Waals surface area (Å²) >= 11 is 0. The second-order valence-corrected chi connectivity index (χ2v) is 2.20. The molecule has 2 rings (SSSR count). The number of nitrogens with zero attached hydrogens (tertiary/aromatic N) is 2. The molecule has 0 aromatic carbocycles. The Morgan fingerprint density at radius 1 is 1.45 bits per heavy atom. The van der Waals surface area contributed by atoms with Crippen LogP contribution in [-0.4, -0.2) is 15.0 Å². The van der Waals surface area contributed by atoms with Crippen molar-refractivity contribution in [1.82, 2.24) is 15.0 Å². The molecule has 0 aliphatic carbocycles. The molecular formula is C8H7N3. The number of hydrogen-bond acceptors (Lipinski definition) is 2. The van der Waals surface area contributed by atoms with E-state index in [4.69, 9.17) is 0 Å². The molecule has 54 valence electrons. The van der Waals surface area contributed by atoms with E-state index in [2.05, 4.69) is 21.5 Å². The summed E-state index contributed by atoms with van der Waals surface area (Å²) in [6, 6.07) is 1.91. The van der Waals surface area contributed by atoms with E-state index in [-0.39, 0.29) is 0 Å². The lowest BCUT2D eigenvalue weighted by molar-refractivity contribution is 1.20. The van der Waals surface area contributed by atoms with E-state index < -0.39 is 0 Å². The zero-order valence-electron chi connectivity index (χ0n) is 5.91. The first kappa shape index (κ1) is 6.09. The number of nitrogens with one attached hydrogen (secondary N) is 1. The average molecular weight is 145 g/mol. The second kappa shape index (κ2) is 2.20. The van der Waals surface area contributed by atoms with Crippen molar-refractivity contribution in [3.05, 3.63) is 30.9 Å². The zero-order chi connectivity index (χ0) is 7.68. The number of rotatable bonds is 1. The van der Waals surface area contributed by atoms with Crippen LogP contribution in [0.4, 0.5) is 0 Å². The predicted molar refractivity (Wildman–Crippen MR) is 44.0 cm³/mol. The topological polar surface area (TPSA) is 41.6 Å². The first-order valence-electron chi connectivity index (χ1n) is 3.32. The maximum absolute atomic E-state index is 4.06. The zero-order valence-corrected chi connectivity index (χ0v) is 5.91. The second-order valence-electron chi connectivity index (χ2n) is 2.20. The third-order valence-electron chi connectivity index (χ3n) is 1.57. The van der Waals surface area contributed by atoms with Crippen molar-refractivity contribution in [1.29, 1.82) is 0 Å². The van der Waals surface area contributed by atoms with Gasteiger partial charge in [0.2, 0.25) is 0 Å². The molecule has 11 heavy (non-hydrogen) atoms. The summed E-state index contributed by atoms with van der Waals surface area (Å²) in [5.41, 5.74) is 2.72. The summed E-state index contributed by atoms with van der Waals surface area (Å²) < 4.78 is 0. The molecule has 0 aliphatic heterocycles. The van der Waals surface area contributed by atoms with Crippen LogP contribution in [0, 0.1) is 0 Å². The molecule has 0 spiro atoms. The maximum Gasteiger partial charge on any atom is 0.116 e. The highest BCUT2D eigenvalue weighted by atomic mass is 14.9. The number of hydrogen-bond donors (Lipinski definition) is 1. The van der Waals surface area contributed by atoms with Crippen LogP contribution in [0.1, 0.15) is 5.69 Å². The quantitative estimate of drug-likeness (QED) is 0.662. The van der Waals surface area contributed by atoms with Crippen molar-refractivity contribution in [3.8, 4) is 0 Å². The molecule has 0 amide bonds. The number of aromatic amines is 1. The van der Waals surface area contributed by atoms with E-state index in [1.54, 1.807) is 6.08 Å². The molecule has 0 saturated carbocycles. The van der Waals surface area contributed by atoms with Crippen LogP contribution in [0.2, 0.25) is 0 Å². The molecule has 0 radical (unpaired) electrons. The van der Waals surface area contributed by atoms with Crippen molar-refractivity contribution in [2.45, 2.75) is 0 Å². The standard InChI is InChI=1S/C8H7N3/c1-2-6-8-7(3-4-9-8)11-5-10-6/h2-5,9H,1H2. The van der Waals surface area contributed by atoms with Crippen LogP contribution in [0.15, 0.2) is 25.2 Å². The highest BCUT2D eigenvalue weighted by molar-refractivity contribution is 5.81. The number of fused-ring (bicyclic) bond motifs is 1. The average Bonchev–Trinajstić information content (AvgIpc) is 2.50. The highest BCUT2D eigenvalue weighted by Crippen LogP contribution is 2.11. The molecule has 1 N–H and O–H groups in total. The van der Waals surface area contributed by atoms with E-state index in [0.29, 0.717) is 0 Å². The van der Waals surface area contributed by atoms with Crippen LogP contribution < -0.4 is 0 Å². The van der Waals surface area contributed by atoms with E-state index in [1.807, 2.05) is 12.3 Å². The van der Waals surface area contributed by atoms with Gasteiger partial charge >= 0.3 is 0 Å². The highest BCUT2D eigenvalue weighted by Gasteiger charge is 1.98. The van der Waals surface area contributed by atoms with Gasteiger partial charge in [-0.05, 0) is 12.1 Å². The van der Waals surface area contributed by atoms with Gasteiger partial charge in [0.15, 0.2) is 0 Å². The van der Waals surface area contributed by atoms with Crippen molar-refractivity contribution in [3.63, 3.8) is 0 Å². The molecule has 0 saturated heterocycles. The van der Waals surface area contributed by atoms with Crippen molar-refractivity contribution >= 4 is 17.1 Å². The van der Waals surface area contributed by atoms with Gasteiger partial charge in [-0.15, -0.1) is 0 Å². The fourth-order valence-corrected chi connectivity index (χ4v) is 1.05. The lowest BCUT2D eigenvalue weighted by atomic mass is 10.3. The molecular weight excluding hydrogens is 138 g/mol. The van der Waals surface area contributed by atoms with E-state index in [0.717, 1.165) is 16.7 Å². The van der Waals surface area contributed by atoms with Crippen LogP contribution >= 0.6 is 0 Å². The molecule has 0 bridgehead atoms. The Morgan fingerprint density at radius 2 is 2.36 bits per heavy atom. The molecule has 3 nitrogen and oxygen atoms in total. The summed E-state index contributed by atoms with van der Waals surface area (Å²) in [4.78, 5) is 11.1. The van der Waals surface area contributed by atoms with E-state index in [9.17, 15) is 0 Å². The SMILES string of the molecule is C=Cc1ncnc2cc[nH]c12. The van der Waals surface area contributed by atoms with Crippen molar-refractivity contribution < 1.29 is 0 Å².